The highest BCUT2D eigenvalue weighted by molar-refractivity contribution is 5.81. The normalized spacial score (nSPS) is 25.0. The van der Waals surface area contributed by atoms with Gasteiger partial charge in [-0.15, -0.1) is 0 Å². The van der Waals surface area contributed by atoms with E-state index in [-0.39, 0.29) is 43.5 Å². The Kier molecular flexibility index (Phi) is 5.51. The lowest BCUT2D eigenvalue weighted by molar-refractivity contribution is -0.137. The Hall–Kier alpha value is -2.79. The number of aliphatic carboxylic acids is 1. The summed E-state index contributed by atoms with van der Waals surface area (Å²) in [5.41, 5.74) is 6.58. The molecule has 0 radical (unpaired) electrons. The van der Waals surface area contributed by atoms with Gasteiger partial charge >= 0.3 is 5.97 Å². The molecule has 27 heavy (non-hydrogen) atoms. The average Bonchev–Trinajstić information content (AvgIpc) is 3.14. The summed E-state index contributed by atoms with van der Waals surface area (Å²) in [6, 6.07) is -0.668. The summed E-state index contributed by atoms with van der Waals surface area (Å²) in [6.07, 6.45) is 1.56. The molecule has 2 aromatic rings. The van der Waals surface area contributed by atoms with E-state index in [1.165, 1.54) is 12.7 Å². The second-order valence-corrected chi connectivity index (χ2v) is 6.68. The molecule has 0 saturated heterocycles. The van der Waals surface area contributed by atoms with Crippen LogP contribution in [0.25, 0.3) is 11.2 Å². The summed E-state index contributed by atoms with van der Waals surface area (Å²) in [5, 5.41) is 32.4. The molecule has 3 rings (SSSR count). The van der Waals surface area contributed by atoms with E-state index >= 15 is 0 Å². The summed E-state index contributed by atoms with van der Waals surface area (Å²) >= 11 is 0. The van der Waals surface area contributed by atoms with E-state index in [0.717, 1.165) is 0 Å². The van der Waals surface area contributed by atoms with Gasteiger partial charge in [0.25, 0.3) is 0 Å². The first kappa shape index (κ1) is 19.0. The molecule has 11 nitrogen and oxygen atoms in total. The fourth-order valence-corrected chi connectivity index (χ4v) is 3.47. The lowest BCUT2D eigenvalue weighted by Gasteiger charge is -2.22. The van der Waals surface area contributed by atoms with Crippen molar-refractivity contribution in [1.29, 1.82) is 0 Å². The lowest BCUT2D eigenvalue weighted by Crippen LogP contribution is -2.35. The van der Waals surface area contributed by atoms with Gasteiger partial charge in [0.15, 0.2) is 11.5 Å². The number of carbonyl (C=O) groups excluding carboxylic acids is 1. The summed E-state index contributed by atoms with van der Waals surface area (Å²) in [7, 11) is 0. The molecule has 0 bridgehead atoms. The van der Waals surface area contributed by atoms with Crippen molar-refractivity contribution < 1.29 is 24.9 Å². The molecule has 1 fully saturated rings. The first-order chi connectivity index (χ1) is 12.9. The van der Waals surface area contributed by atoms with Gasteiger partial charge in [-0.2, -0.15) is 0 Å². The number of imidazole rings is 1. The van der Waals surface area contributed by atoms with Gasteiger partial charge in [-0.3, -0.25) is 9.59 Å². The first-order valence-electron chi connectivity index (χ1n) is 8.66. The zero-order valence-electron chi connectivity index (χ0n) is 14.5. The van der Waals surface area contributed by atoms with Crippen LogP contribution in [0.2, 0.25) is 0 Å². The van der Waals surface area contributed by atoms with Crippen LogP contribution >= 0.6 is 0 Å². The van der Waals surface area contributed by atoms with Gasteiger partial charge in [-0.25, -0.2) is 15.0 Å². The molecule has 0 unspecified atom stereocenters. The fraction of sp³-hybridized carbons (Fsp3) is 0.562. The van der Waals surface area contributed by atoms with Gasteiger partial charge in [-0.1, -0.05) is 0 Å². The number of aliphatic hydroxyl groups is 2. The Morgan fingerprint density at radius 3 is 2.78 bits per heavy atom. The number of nitrogens with zero attached hydrogens (tertiary/aromatic N) is 4. The molecule has 0 aliphatic heterocycles. The highest BCUT2D eigenvalue weighted by atomic mass is 16.4. The van der Waals surface area contributed by atoms with E-state index < -0.39 is 24.2 Å². The smallest absolute Gasteiger partial charge is 0.303 e. The molecule has 6 N–H and O–H groups in total. The zero-order chi connectivity index (χ0) is 19.6. The number of amides is 1. The van der Waals surface area contributed by atoms with E-state index in [9.17, 15) is 19.8 Å². The van der Waals surface area contributed by atoms with Gasteiger partial charge in [0.1, 0.15) is 11.8 Å². The van der Waals surface area contributed by atoms with E-state index in [2.05, 4.69) is 20.3 Å². The Labute approximate surface area is 154 Å². The number of rotatable bonds is 7. The third-order valence-electron chi connectivity index (χ3n) is 4.84. The van der Waals surface area contributed by atoms with Gasteiger partial charge in [-0.05, 0) is 12.8 Å². The average molecular weight is 378 g/mol. The fourth-order valence-electron chi connectivity index (χ4n) is 3.47. The molecular formula is C16H22N6O5. The van der Waals surface area contributed by atoms with Crippen LogP contribution < -0.4 is 11.1 Å². The Morgan fingerprint density at radius 1 is 1.26 bits per heavy atom. The van der Waals surface area contributed by atoms with E-state index in [1.54, 1.807) is 4.57 Å². The van der Waals surface area contributed by atoms with Crippen LogP contribution in [0, 0.1) is 5.92 Å². The predicted octanol–water partition coefficient (Wildman–Crippen LogP) is -0.938. The third kappa shape index (κ3) is 3.98. The van der Waals surface area contributed by atoms with Gasteiger partial charge in [0.05, 0.1) is 24.6 Å². The Bertz CT molecular complexity index is 840. The summed E-state index contributed by atoms with van der Waals surface area (Å²) in [6.45, 7) is 0.185. The molecule has 1 saturated carbocycles. The molecule has 4 atom stereocenters. The summed E-state index contributed by atoms with van der Waals surface area (Å²) < 4.78 is 1.58. The van der Waals surface area contributed by atoms with Crippen LogP contribution in [0.15, 0.2) is 12.7 Å². The van der Waals surface area contributed by atoms with Crippen LogP contribution in [-0.2, 0) is 9.59 Å². The third-order valence-corrected chi connectivity index (χ3v) is 4.84. The molecule has 11 heteroatoms. The number of anilines is 1. The topological polar surface area (TPSA) is 176 Å². The van der Waals surface area contributed by atoms with Gasteiger partial charge < -0.3 is 30.9 Å². The number of hydrogen-bond acceptors (Lipinski definition) is 8. The SMILES string of the molecule is Nc1ncnc2c1ncn2[C@H]1[C@H](O)[C@H](CNC(=O)CCCC(=O)O)C[C@@H]1O. The van der Waals surface area contributed by atoms with Crippen molar-refractivity contribution in [3.63, 3.8) is 0 Å². The van der Waals surface area contributed by atoms with Gasteiger partial charge in [0.2, 0.25) is 5.91 Å². The highest BCUT2D eigenvalue weighted by Crippen LogP contribution is 2.36. The summed E-state index contributed by atoms with van der Waals surface area (Å²) in [4.78, 5) is 34.4. The maximum absolute atomic E-state index is 11.8. The van der Waals surface area contributed by atoms with Crippen LogP contribution in [0.3, 0.4) is 0 Å². The van der Waals surface area contributed by atoms with Crippen LogP contribution in [0.5, 0.6) is 0 Å². The lowest BCUT2D eigenvalue weighted by atomic mass is 10.0. The van der Waals surface area contributed by atoms with Crippen molar-refractivity contribution in [3.05, 3.63) is 12.7 Å². The number of fused-ring (bicyclic) bond motifs is 1. The maximum Gasteiger partial charge on any atom is 0.303 e. The summed E-state index contributed by atoms with van der Waals surface area (Å²) in [5.74, 6) is -1.37. The van der Waals surface area contributed by atoms with Crippen molar-refractivity contribution in [2.45, 2.75) is 43.9 Å². The van der Waals surface area contributed by atoms with Crippen LogP contribution in [0.1, 0.15) is 31.7 Å². The molecule has 1 aliphatic rings. The number of aromatic nitrogens is 4. The number of aliphatic hydroxyl groups excluding tert-OH is 2. The second kappa shape index (κ2) is 7.84. The standard InChI is InChI=1S/C16H22N6O5/c17-15-12-16(20-6-19-15)22(7-21-12)13-9(23)4-8(14(13)27)5-18-10(24)2-1-3-11(25)26/h6-9,13-14,23,27H,1-5H2,(H,18,24)(H,25,26)(H2,17,19,20)/t8-,9-,13+,14+/m0/s1. The van der Waals surface area contributed by atoms with Gasteiger partial charge in [0, 0.05) is 25.3 Å². The molecule has 2 aromatic heterocycles. The molecular weight excluding hydrogens is 356 g/mol. The quantitative estimate of drug-likeness (QED) is 0.407. The minimum absolute atomic E-state index is 0.0705. The van der Waals surface area contributed by atoms with Crippen molar-refractivity contribution in [2.24, 2.45) is 5.92 Å². The molecule has 1 amide bonds. The number of carbonyl (C=O) groups is 2. The zero-order valence-corrected chi connectivity index (χ0v) is 14.5. The highest BCUT2D eigenvalue weighted by Gasteiger charge is 2.43. The molecule has 0 spiro atoms. The largest absolute Gasteiger partial charge is 0.481 e. The minimum atomic E-state index is -0.947. The maximum atomic E-state index is 11.8. The molecule has 146 valence electrons. The number of nitrogen functional groups attached to an aromatic ring is 1. The van der Waals surface area contributed by atoms with Crippen molar-refractivity contribution >= 4 is 28.9 Å². The number of carboxylic acid groups (broad SMARTS) is 1. The monoisotopic (exact) mass is 378 g/mol. The number of carboxylic acids is 1. The van der Waals surface area contributed by atoms with Crippen LogP contribution in [-0.4, -0.2) is 65.5 Å². The van der Waals surface area contributed by atoms with E-state index in [1.807, 2.05) is 0 Å². The minimum Gasteiger partial charge on any atom is -0.481 e. The van der Waals surface area contributed by atoms with Crippen molar-refractivity contribution in [3.8, 4) is 0 Å². The van der Waals surface area contributed by atoms with Crippen molar-refractivity contribution in [2.75, 3.05) is 12.3 Å². The molecule has 1 aliphatic carbocycles. The molecule has 2 heterocycles. The van der Waals surface area contributed by atoms with Crippen molar-refractivity contribution in [1.82, 2.24) is 24.8 Å². The number of nitrogens with one attached hydrogen (secondary N) is 1. The Balaban J connectivity index is 1.64. The van der Waals surface area contributed by atoms with Crippen LogP contribution in [0.4, 0.5) is 5.82 Å². The number of hydrogen-bond donors (Lipinski definition) is 5. The molecule has 0 aromatic carbocycles. The van der Waals surface area contributed by atoms with E-state index in [0.29, 0.717) is 17.6 Å². The number of nitrogens with two attached hydrogens (primary N) is 1. The first-order valence-corrected chi connectivity index (χ1v) is 8.66. The van der Waals surface area contributed by atoms with E-state index in [4.69, 9.17) is 10.8 Å². The predicted molar refractivity (Wildman–Crippen MR) is 93.4 cm³/mol. The Morgan fingerprint density at radius 2 is 2.04 bits per heavy atom. The second-order valence-electron chi connectivity index (χ2n) is 6.68.